The number of nitro benzene ring substituents is 1. The summed E-state index contributed by atoms with van der Waals surface area (Å²) in [5.74, 6) is 0.846. The average Bonchev–Trinajstić information content (AvgIpc) is 3.34. The highest BCUT2D eigenvalue weighted by Gasteiger charge is 2.20. The zero-order valence-electron chi connectivity index (χ0n) is 19.3. The summed E-state index contributed by atoms with van der Waals surface area (Å²) in [5.41, 5.74) is 3.05. The number of nitrogens with zero attached hydrogens (tertiary/aromatic N) is 3. The van der Waals surface area contributed by atoms with Gasteiger partial charge >= 0.3 is 0 Å². The Balaban J connectivity index is 1.68. The molecule has 0 saturated heterocycles. The Bertz CT molecular complexity index is 1330. The molecule has 0 unspecified atom stereocenters. The molecule has 0 aliphatic carbocycles. The predicted octanol–water partition coefficient (Wildman–Crippen LogP) is 4.44. The monoisotopic (exact) mass is 472 g/mol. The zero-order valence-corrected chi connectivity index (χ0v) is 19.3. The zero-order chi connectivity index (χ0) is 24.8. The molecule has 178 valence electrons. The van der Waals surface area contributed by atoms with Crippen LogP contribution in [0.3, 0.4) is 0 Å². The highest BCUT2D eigenvalue weighted by atomic mass is 16.6. The van der Waals surface area contributed by atoms with Crippen molar-refractivity contribution in [2.24, 2.45) is 0 Å². The highest BCUT2D eigenvalue weighted by Crippen LogP contribution is 2.33. The van der Waals surface area contributed by atoms with Crippen molar-refractivity contribution in [3.05, 3.63) is 100 Å². The second kappa shape index (κ2) is 10.5. The molecular formula is C26H24N4O5. The maximum atomic E-state index is 13.2. The first-order chi connectivity index (χ1) is 17.0. The molecule has 0 atom stereocenters. The van der Waals surface area contributed by atoms with Crippen LogP contribution in [-0.2, 0) is 6.42 Å². The first-order valence-corrected chi connectivity index (χ1v) is 10.9. The van der Waals surface area contributed by atoms with Crippen LogP contribution in [0.1, 0.15) is 16.1 Å². The van der Waals surface area contributed by atoms with E-state index < -0.39 is 4.92 Å². The molecule has 0 aliphatic rings. The largest absolute Gasteiger partial charge is 0.497 e. The third-order valence-electron chi connectivity index (χ3n) is 5.47. The second-order valence-corrected chi connectivity index (χ2v) is 7.66. The van der Waals surface area contributed by atoms with E-state index in [2.05, 4.69) is 10.4 Å². The summed E-state index contributed by atoms with van der Waals surface area (Å²) in [7, 11) is 3.11. The molecule has 4 aromatic rings. The lowest BCUT2D eigenvalue weighted by Gasteiger charge is -2.09. The van der Waals surface area contributed by atoms with Crippen LogP contribution in [0.2, 0.25) is 0 Å². The number of nitrogens with one attached hydrogen (secondary N) is 1. The minimum Gasteiger partial charge on any atom is -0.497 e. The number of amides is 1. The van der Waals surface area contributed by atoms with Gasteiger partial charge in [0, 0.05) is 30.3 Å². The van der Waals surface area contributed by atoms with E-state index in [0.29, 0.717) is 47.1 Å². The van der Waals surface area contributed by atoms with Gasteiger partial charge in [-0.1, -0.05) is 30.3 Å². The fourth-order valence-corrected chi connectivity index (χ4v) is 3.65. The fraction of sp³-hybridized carbons (Fsp3) is 0.154. The van der Waals surface area contributed by atoms with Gasteiger partial charge in [0.1, 0.15) is 17.2 Å². The van der Waals surface area contributed by atoms with Gasteiger partial charge in [0.15, 0.2) is 0 Å². The number of methoxy groups -OCH3 is 2. The van der Waals surface area contributed by atoms with Gasteiger partial charge in [-0.25, -0.2) is 4.68 Å². The molecule has 0 saturated carbocycles. The van der Waals surface area contributed by atoms with Gasteiger partial charge in [0.05, 0.1) is 30.5 Å². The Morgan fingerprint density at radius 1 is 1.00 bits per heavy atom. The van der Waals surface area contributed by atoms with Crippen LogP contribution in [0.25, 0.3) is 16.9 Å². The van der Waals surface area contributed by atoms with Gasteiger partial charge in [-0.05, 0) is 42.3 Å². The molecule has 0 bridgehead atoms. The molecule has 1 amide bonds. The summed E-state index contributed by atoms with van der Waals surface area (Å²) in [6, 6.07) is 22.7. The van der Waals surface area contributed by atoms with Gasteiger partial charge in [-0.2, -0.15) is 5.10 Å². The van der Waals surface area contributed by atoms with E-state index in [4.69, 9.17) is 9.47 Å². The Hall–Kier alpha value is -4.66. The number of hydrogen-bond acceptors (Lipinski definition) is 6. The topological polar surface area (TPSA) is 109 Å². The lowest BCUT2D eigenvalue weighted by molar-refractivity contribution is -0.384. The second-order valence-electron chi connectivity index (χ2n) is 7.66. The summed E-state index contributed by atoms with van der Waals surface area (Å²) in [5, 5.41) is 18.6. The van der Waals surface area contributed by atoms with Crippen molar-refractivity contribution in [3.63, 3.8) is 0 Å². The van der Waals surface area contributed by atoms with Crippen LogP contribution in [0.15, 0.2) is 78.9 Å². The van der Waals surface area contributed by atoms with Crippen molar-refractivity contribution >= 4 is 11.6 Å². The van der Waals surface area contributed by atoms with E-state index in [0.717, 1.165) is 5.56 Å². The number of non-ortho nitro benzene ring substituents is 1. The first kappa shape index (κ1) is 23.5. The van der Waals surface area contributed by atoms with Crippen molar-refractivity contribution < 1.29 is 19.2 Å². The lowest BCUT2D eigenvalue weighted by Crippen LogP contribution is -2.27. The number of carbonyl (C=O) groups is 1. The van der Waals surface area contributed by atoms with Crippen molar-refractivity contribution in [2.75, 3.05) is 20.8 Å². The van der Waals surface area contributed by atoms with Gasteiger partial charge in [-0.3, -0.25) is 14.9 Å². The van der Waals surface area contributed by atoms with Gasteiger partial charge in [-0.15, -0.1) is 0 Å². The van der Waals surface area contributed by atoms with Crippen LogP contribution in [0.5, 0.6) is 11.5 Å². The van der Waals surface area contributed by atoms with E-state index in [1.165, 1.54) is 16.8 Å². The maximum absolute atomic E-state index is 13.2. The molecule has 0 spiro atoms. The van der Waals surface area contributed by atoms with Crippen LogP contribution >= 0.6 is 0 Å². The van der Waals surface area contributed by atoms with E-state index in [9.17, 15) is 14.9 Å². The summed E-state index contributed by atoms with van der Waals surface area (Å²) < 4.78 is 12.3. The van der Waals surface area contributed by atoms with Crippen molar-refractivity contribution in [2.45, 2.75) is 6.42 Å². The normalized spacial score (nSPS) is 10.6. The third kappa shape index (κ3) is 5.30. The summed E-state index contributed by atoms with van der Waals surface area (Å²) in [4.78, 5) is 23.8. The van der Waals surface area contributed by atoms with Crippen LogP contribution in [0.4, 0.5) is 5.69 Å². The number of benzene rings is 3. The molecule has 9 heteroatoms. The van der Waals surface area contributed by atoms with Crippen molar-refractivity contribution in [3.8, 4) is 28.4 Å². The first-order valence-electron chi connectivity index (χ1n) is 10.9. The highest BCUT2D eigenvalue weighted by molar-refractivity contribution is 5.94. The summed E-state index contributed by atoms with van der Waals surface area (Å²) in [6.45, 7) is 0.440. The van der Waals surface area contributed by atoms with Crippen LogP contribution in [0, 0.1) is 10.1 Å². The Labute approximate surface area is 202 Å². The van der Waals surface area contributed by atoms with Crippen molar-refractivity contribution in [1.82, 2.24) is 15.1 Å². The Morgan fingerprint density at radius 2 is 1.74 bits per heavy atom. The number of rotatable bonds is 9. The molecule has 4 rings (SSSR count). The molecular weight excluding hydrogens is 448 g/mol. The van der Waals surface area contributed by atoms with E-state index in [-0.39, 0.29) is 11.6 Å². The maximum Gasteiger partial charge on any atom is 0.270 e. The Morgan fingerprint density at radius 3 is 2.40 bits per heavy atom. The lowest BCUT2D eigenvalue weighted by atomic mass is 10.1. The van der Waals surface area contributed by atoms with E-state index in [1.807, 2.05) is 30.3 Å². The number of aromatic nitrogens is 2. The number of carbonyl (C=O) groups excluding carboxylic acids is 1. The van der Waals surface area contributed by atoms with Crippen molar-refractivity contribution in [1.29, 1.82) is 0 Å². The Kier molecular flexibility index (Phi) is 7.06. The van der Waals surface area contributed by atoms with Gasteiger partial charge in [0.25, 0.3) is 11.6 Å². The smallest absolute Gasteiger partial charge is 0.270 e. The SMILES string of the molecule is COc1ccc(-c2cc(C(=O)NCCc3ccccc3)n(-c3ccc([N+](=O)[O-])cc3)n2)c(OC)c1. The minimum absolute atomic E-state index is 0.0492. The molecule has 0 radical (unpaired) electrons. The molecule has 0 fully saturated rings. The van der Waals surface area contributed by atoms with E-state index in [1.54, 1.807) is 50.6 Å². The average molecular weight is 473 g/mol. The van der Waals surface area contributed by atoms with Gasteiger partial charge < -0.3 is 14.8 Å². The molecule has 9 nitrogen and oxygen atoms in total. The summed E-state index contributed by atoms with van der Waals surface area (Å²) in [6.07, 6.45) is 0.678. The van der Waals surface area contributed by atoms with Gasteiger partial charge in [0.2, 0.25) is 0 Å². The molecule has 3 aromatic carbocycles. The van der Waals surface area contributed by atoms with Crippen LogP contribution in [-0.4, -0.2) is 41.4 Å². The molecule has 1 heterocycles. The molecule has 1 aromatic heterocycles. The summed E-state index contributed by atoms with van der Waals surface area (Å²) >= 11 is 0. The standard InChI is InChI=1S/C26H24N4O5/c1-34-21-12-13-22(25(16-21)35-2)23-17-24(26(31)27-15-14-18-6-4-3-5-7-18)29(28-23)19-8-10-20(11-9-19)30(32)33/h3-13,16-17H,14-15H2,1-2H3,(H,27,31). The third-order valence-corrected chi connectivity index (χ3v) is 5.47. The molecule has 1 N–H and O–H groups in total. The molecule has 0 aliphatic heterocycles. The fourth-order valence-electron chi connectivity index (χ4n) is 3.65. The van der Waals surface area contributed by atoms with Crippen LogP contribution < -0.4 is 14.8 Å². The quantitative estimate of drug-likeness (QED) is 0.285. The number of nitro groups is 1. The number of ether oxygens (including phenoxy) is 2. The number of hydrogen-bond donors (Lipinski definition) is 1. The van der Waals surface area contributed by atoms with E-state index >= 15 is 0 Å². The minimum atomic E-state index is -0.474. The molecule has 35 heavy (non-hydrogen) atoms. The predicted molar refractivity (Wildman–Crippen MR) is 131 cm³/mol.